The molecule has 1 N–H and O–H groups in total. The van der Waals surface area contributed by atoms with Gasteiger partial charge in [-0.3, -0.25) is 9.67 Å². The molecule has 0 radical (unpaired) electrons. The quantitative estimate of drug-likeness (QED) is 0.606. The average Bonchev–Trinajstić information content (AvgIpc) is 3.08. The minimum atomic E-state index is -0.243. The lowest BCUT2D eigenvalue weighted by molar-refractivity contribution is -0.00800. The third-order valence-electron chi connectivity index (χ3n) is 4.36. The van der Waals surface area contributed by atoms with Crippen molar-refractivity contribution in [2.45, 2.75) is 12.5 Å². The van der Waals surface area contributed by atoms with E-state index in [0.29, 0.717) is 11.1 Å². The van der Waals surface area contributed by atoms with Crippen LogP contribution in [0, 0.1) is 5.82 Å². The van der Waals surface area contributed by atoms with E-state index in [4.69, 9.17) is 4.74 Å². The lowest BCUT2D eigenvalue weighted by Gasteiger charge is -2.34. The minimum absolute atomic E-state index is 0.0101. The number of nitrogens with one attached hydrogen (secondary N) is 1. The summed E-state index contributed by atoms with van der Waals surface area (Å²) in [5.74, 6) is 0.607. The summed E-state index contributed by atoms with van der Waals surface area (Å²) in [4.78, 5) is 6.59. The van der Waals surface area contributed by atoms with E-state index in [1.54, 1.807) is 17.8 Å². The van der Waals surface area contributed by atoms with E-state index < -0.39 is 0 Å². The Kier molecular flexibility index (Phi) is 6.26. The summed E-state index contributed by atoms with van der Waals surface area (Å²) in [6.45, 7) is 2.89. The number of morpholine rings is 1. The predicted molar refractivity (Wildman–Crippen MR) is 103 cm³/mol. The van der Waals surface area contributed by atoms with Gasteiger partial charge < -0.3 is 15.0 Å². The maximum absolute atomic E-state index is 13.3. The van der Waals surface area contributed by atoms with Crippen LogP contribution in [0.4, 0.5) is 4.39 Å². The molecule has 26 heavy (non-hydrogen) atoms. The molecule has 2 aromatic rings. The Morgan fingerprint density at radius 2 is 2.35 bits per heavy atom. The Morgan fingerprint density at radius 1 is 1.50 bits per heavy atom. The smallest absolute Gasteiger partial charge is 0.193 e. The van der Waals surface area contributed by atoms with Crippen LogP contribution in [-0.4, -0.2) is 53.9 Å². The molecule has 140 valence electrons. The van der Waals surface area contributed by atoms with Crippen molar-refractivity contribution >= 4 is 21.9 Å². The molecule has 1 atom stereocenters. The predicted octanol–water partition coefficient (Wildman–Crippen LogP) is 2.51. The summed E-state index contributed by atoms with van der Waals surface area (Å²) in [6.07, 6.45) is 4.60. The minimum Gasteiger partial charge on any atom is -0.370 e. The Balaban J connectivity index is 1.55. The molecule has 1 aliphatic heterocycles. The molecule has 6 nitrogen and oxygen atoms in total. The number of hydrogen-bond donors (Lipinski definition) is 1. The number of ether oxygens (including phenoxy) is 1. The van der Waals surface area contributed by atoms with Crippen LogP contribution >= 0.6 is 15.9 Å². The second kappa shape index (κ2) is 8.64. The topological polar surface area (TPSA) is 54.7 Å². The van der Waals surface area contributed by atoms with E-state index in [0.717, 1.165) is 43.1 Å². The maximum atomic E-state index is 13.3. The maximum Gasteiger partial charge on any atom is 0.193 e. The van der Waals surface area contributed by atoms with E-state index >= 15 is 0 Å². The standard InChI is InChI=1S/C18H23BrFN5O/c1-21-18(22-6-5-13-3-4-16(20)15(19)9-13)25-7-8-26-17(12-25)14-10-23-24(2)11-14/h3-4,9-11,17H,5-8,12H2,1-2H3,(H,21,22). The van der Waals surface area contributed by atoms with Crippen molar-refractivity contribution in [3.8, 4) is 0 Å². The van der Waals surface area contributed by atoms with E-state index in [2.05, 4.69) is 36.2 Å². The van der Waals surface area contributed by atoms with E-state index in [1.165, 1.54) is 6.07 Å². The molecule has 1 aromatic carbocycles. The number of aromatic nitrogens is 2. The molecule has 0 spiro atoms. The van der Waals surface area contributed by atoms with Gasteiger partial charge >= 0.3 is 0 Å². The largest absolute Gasteiger partial charge is 0.370 e. The third kappa shape index (κ3) is 4.62. The first-order valence-electron chi connectivity index (χ1n) is 8.56. The fourth-order valence-electron chi connectivity index (χ4n) is 3.00. The van der Waals surface area contributed by atoms with Crippen molar-refractivity contribution in [1.29, 1.82) is 0 Å². The number of rotatable bonds is 4. The highest BCUT2D eigenvalue weighted by Crippen LogP contribution is 2.21. The van der Waals surface area contributed by atoms with Crippen LogP contribution in [0.3, 0.4) is 0 Å². The molecule has 2 heterocycles. The summed E-state index contributed by atoms with van der Waals surface area (Å²) >= 11 is 3.23. The monoisotopic (exact) mass is 423 g/mol. The molecule has 1 aromatic heterocycles. The molecule has 1 fully saturated rings. The summed E-state index contributed by atoms with van der Waals surface area (Å²) in [5.41, 5.74) is 2.14. The van der Waals surface area contributed by atoms with Crippen LogP contribution in [0.2, 0.25) is 0 Å². The molecule has 0 amide bonds. The molecule has 0 aliphatic carbocycles. The van der Waals surface area contributed by atoms with Crippen molar-refractivity contribution in [2.24, 2.45) is 12.0 Å². The Bertz CT molecular complexity index is 779. The van der Waals surface area contributed by atoms with Gasteiger partial charge in [-0.25, -0.2) is 4.39 Å². The van der Waals surface area contributed by atoms with E-state index in [9.17, 15) is 4.39 Å². The van der Waals surface area contributed by atoms with Crippen molar-refractivity contribution in [1.82, 2.24) is 20.0 Å². The summed E-state index contributed by atoms with van der Waals surface area (Å²) < 4.78 is 21.5. The first-order chi connectivity index (χ1) is 12.6. The number of aryl methyl sites for hydroxylation is 1. The molecule has 1 unspecified atom stereocenters. The molecule has 0 bridgehead atoms. The van der Waals surface area contributed by atoms with Crippen LogP contribution in [0.1, 0.15) is 17.2 Å². The SMILES string of the molecule is CN=C(NCCc1ccc(F)c(Br)c1)N1CCOC(c2cnn(C)c2)C1. The summed E-state index contributed by atoms with van der Waals surface area (Å²) in [7, 11) is 3.68. The first-order valence-corrected chi connectivity index (χ1v) is 9.36. The number of benzene rings is 1. The molecule has 1 aliphatic rings. The lowest BCUT2D eigenvalue weighted by atomic mass is 10.1. The van der Waals surface area contributed by atoms with Crippen molar-refractivity contribution in [3.05, 3.63) is 52.0 Å². The van der Waals surface area contributed by atoms with Crippen molar-refractivity contribution < 1.29 is 9.13 Å². The van der Waals surface area contributed by atoms with E-state index in [1.807, 2.05) is 25.5 Å². The second-order valence-electron chi connectivity index (χ2n) is 6.23. The van der Waals surface area contributed by atoms with Crippen LogP contribution in [0.15, 0.2) is 40.1 Å². The van der Waals surface area contributed by atoms with Crippen LogP contribution in [-0.2, 0) is 18.2 Å². The Labute approximate surface area is 161 Å². The van der Waals surface area contributed by atoms with Crippen LogP contribution < -0.4 is 5.32 Å². The summed E-state index contributed by atoms with van der Waals surface area (Å²) in [5, 5.41) is 7.61. The number of halogens is 2. The van der Waals surface area contributed by atoms with Gasteiger partial charge in [-0.1, -0.05) is 6.07 Å². The number of guanidine groups is 1. The van der Waals surface area contributed by atoms with Gasteiger partial charge in [-0.05, 0) is 40.0 Å². The normalized spacial score (nSPS) is 18.2. The number of hydrogen-bond acceptors (Lipinski definition) is 3. The fourth-order valence-corrected chi connectivity index (χ4v) is 3.42. The molecular formula is C18H23BrFN5O. The number of aliphatic imine (C=N–C) groups is 1. The van der Waals surface area contributed by atoms with Gasteiger partial charge in [0, 0.05) is 38.9 Å². The first kappa shape index (κ1) is 18.8. The fraction of sp³-hybridized carbons (Fsp3) is 0.444. The van der Waals surface area contributed by atoms with Gasteiger partial charge in [0.1, 0.15) is 11.9 Å². The van der Waals surface area contributed by atoms with Gasteiger partial charge in [0.25, 0.3) is 0 Å². The highest BCUT2D eigenvalue weighted by Gasteiger charge is 2.25. The highest BCUT2D eigenvalue weighted by atomic mass is 79.9. The van der Waals surface area contributed by atoms with Crippen molar-refractivity contribution in [2.75, 3.05) is 33.3 Å². The van der Waals surface area contributed by atoms with Gasteiger partial charge in [-0.2, -0.15) is 5.10 Å². The zero-order valence-corrected chi connectivity index (χ0v) is 16.5. The van der Waals surface area contributed by atoms with Crippen LogP contribution in [0.5, 0.6) is 0 Å². The summed E-state index contributed by atoms with van der Waals surface area (Å²) in [6, 6.07) is 5.10. The second-order valence-corrected chi connectivity index (χ2v) is 7.08. The number of nitrogens with zero attached hydrogens (tertiary/aromatic N) is 4. The van der Waals surface area contributed by atoms with Gasteiger partial charge in [-0.15, -0.1) is 0 Å². The zero-order chi connectivity index (χ0) is 18.5. The van der Waals surface area contributed by atoms with Gasteiger partial charge in [0.05, 0.1) is 23.8 Å². The average molecular weight is 424 g/mol. The lowest BCUT2D eigenvalue weighted by Crippen LogP contribution is -2.48. The zero-order valence-electron chi connectivity index (χ0n) is 15.0. The van der Waals surface area contributed by atoms with E-state index in [-0.39, 0.29) is 11.9 Å². The van der Waals surface area contributed by atoms with Crippen LogP contribution in [0.25, 0.3) is 0 Å². The Hall–Kier alpha value is -1.93. The molecule has 1 saturated heterocycles. The third-order valence-corrected chi connectivity index (χ3v) is 4.96. The molecule has 0 saturated carbocycles. The van der Waals surface area contributed by atoms with Crippen molar-refractivity contribution in [3.63, 3.8) is 0 Å². The molecule has 8 heteroatoms. The Morgan fingerprint density at radius 3 is 3.04 bits per heavy atom. The van der Waals surface area contributed by atoms with Gasteiger partial charge in [0.2, 0.25) is 0 Å². The highest BCUT2D eigenvalue weighted by molar-refractivity contribution is 9.10. The molecular weight excluding hydrogens is 401 g/mol. The van der Waals surface area contributed by atoms with Gasteiger partial charge in [0.15, 0.2) is 5.96 Å². The molecule has 3 rings (SSSR count).